The number of hydrogen-bond acceptors (Lipinski definition) is 5. The number of amides is 1. The largest absolute Gasteiger partial charge is 0.507 e. The van der Waals surface area contributed by atoms with E-state index in [0.717, 1.165) is 22.3 Å². The zero-order chi connectivity index (χ0) is 25.2. The maximum atomic E-state index is 13.3. The number of benzene rings is 2. The predicted molar refractivity (Wildman–Crippen MR) is 133 cm³/mol. The van der Waals surface area contributed by atoms with Crippen LogP contribution in [0.1, 0.15) is 61.1 Å². The van der Waals surface area contributed by atoms with Gasteiger partial charge in [0.25, 0.3) is 11.7 Å². The van der Waals surface area contributed by atoms with E-state index in [1.54, 1.807) is 13.2 Å². The molecule has 1 unspecified atom stereocenters. The molecule has 0 saturated carbocycles. The Morgan fingerprint density at radius 2 is 1.71 bits per heavy atom. The Labute approximate surface area is 202 Å². The van der Waals surface area contributed by atoms with Crippen molar-refractivity contribution in [1.29, 1.82) is 0 Å². The molecule has 1 aliphatic rings. The third kappa shape index (κ3) is 4.87. The van der Waals surface area contributed by atoms with Crippen molar-refractivity contribution >= 4 is 17.4 Å². The third-order valence-electron chi connectivity index (χ3n) is 6.26. The Hall–Kier alpha value is -3.12. The fourth-order valence-electron chi connectivity index (χ4n) is 4.55. The van der Waals surface area contributed by atoms with Crippen LogP contribution in [-0.2, 0) is 19.7 Å². The van der Waals surface area contributed by atoms with Gasteiger partial charge in [-0.3, -0.25) is 9.59 Å². The highest BCUT2D eigenvalue weighted by Gasteiger charge is 2.46. The van der Waals surface area contributed by atoms with E-state index >= 15 is 0 Å². The number of Topliss-reactive ketones (excluding diaryl/α,β-unsaturated/α-hetero) is 1. The third-order valence-corrected chi connectivity index (χ3v) is 6.26. The molecule has 1 N–H and O–H groups in total. The van der Waals surface area contributed by atoms with Gasteiger partial charge >= 0.3 is 0 Å². The molecular formula is C28H35NO5. The summed E-state index contributed by atoms with van der Waals surface area (Å²) in [6.45, 7) is 11.0. The maximum absolute atomic E-state index is 13.3. The number of carbonyl (C=O) groups is 2. The van der Waals surface area contributed by atoms with Gasteiger partial charge in [0.05, 0.1) is 24.3 Å². The molecule has 182 valence electrons. The van der Waals surface area contributed by atoms with Gasteiger partial charge in [-0.2, -0.15) is 0 Å². The highest BCUT2D eigenvalue weighted by molar-refractivity contribution is 6.46. The summed E-state index contributed by atoms with van der Waals surface area (Å²) in [7, 11) is 3.13. The lowest BCUT2D eigenvalue weighted by Crippen LogP contribution is -2.31. The minimum atomic E-state index is -0.698. The van der Waals surface area contributed by atoms with Crippen LogP contribution in [-0.4, -0.2) is 49.1 Å². The number of aliphatic hydroxyl groups excluding tert-OH is 1. The van der Waals surface area contributed by atoms with Crippen molar-refractivity contribution in [2.45, 2.75) is 52.5 Å². The van der Waals surface area contributed by atoms with Crippen LogP contribution in [0.3, 0.4) is 0 Å². The number of carbonyl (C=O) groups excluding carboxylic acids is 2. The van der Waals surface area contributed by atoms with E-state index < -0.39 is 17.7 Å². The number of aliphatic hydroxyl groups is 1. The van der Waals surface area contributed by atoms with Crippen molar-refractivity contribution in [1.82, 2.24) is 4.90 Å². The SMILES string of the molecule is COCCCN1C(=O)C(=O)/C(=C(/O)c2cc(C)cc(C)c2OC)C1c1ccc(C(C)(C)C)cc1. The zero-order valence-electron chi connectivity index (χ0n) is 21.2. The van der Waals surface area contributed by atoms with Crippen molar-refractivity contribution in [3.05, 3.63) is 69.8 Å². The lowest BCUT2D eigenvalue weighted by Gasteiger charge is -2.26. The summed E-state index contributed by atoms with van der Waals surface area (Å²) in [5, 5.41) is 11.4. The predicted octanol–water partition coefficient (Wildman–Crippen LogP) is 5.07. The van der Waals surface area contributed by atoms with Crippen molar-refractivity contribution < 1.29 is 24.2 Å². The van der Waals surface area contributed by atoms with Crippen LogP contribution in [0.4, 0.5) is 0 Å². The topological polar surface area (TPSA) is 76.1 Å². The van der Waals surface area contributed by atoms with Gasteiger partial charge in [-0.25, -0.2) is 0 Å². The Balaban J connectivity index is 2.21. The van der Waals surface area contributed by atoms with Crippen LogP contribution in [0.25, 0.3) is 5.76 Å². The van der Waals surface area contributed by atoms with Crippen LogP contribution in [0, 0.1) is 13.8 Å². The van der Waals surface area contributed by atoms with Crippen molar-refractivity contribution in [2.24, 2.45) is 0 Å². The molecule has 6 heteroatoms. The van der Waals surface area contributed by atoms with E-state index in [-0.39, 0.29) is 16.7 Å². The average molecular weight is 466 g/mol. The molecule has 1 fully saturated rings. The molecule has 2 aromatic carbocycles. The van der Waals surface area contributed by atoms with Gasteiger partial charge in [-0.1, -0.05) is 51.1 Å². The number of rotatable bonds is 7. The molecule has 2 aromatic rings. The van der Waals surface area contributed by atoms with E-state index in [1.807, 2.05) is 44.2 Å². The second-order valence-electron chi connectivity index (χ2n) is 9.87. The molecule has 0 radical (unpaired) electrons. The van der Waals surface area contributed by atoms with E-state index in [0.29, 0.717) is 30.9 Å². The molecule has 1 heterocycles. The standard InChI is InChI=1S/C28H35NO5/c1-17-15-18(2)26(34-7)21(16-17)24(30)22-23(19-9-11-20(12-10-19)28(3,4)5)29(13-8-14-33-6)27(32)25(22)31/h9-12,15-16,23,30H,8,13-14H2,1-7H3/b24-22+. The van der Waals surface area contributed by atoms with Crippen LogP contribution >= 0.6 is 0 Å². The first kappa shape index (κ1) is 25.5. The highest BCUT2D eigenvalue weighted by atomic mass is 16.5. The van der Waals surface area contributed by atoms with Gasteiger partial charge < -0.3 is 19.5 Å². The maximum Gasteiger partial charge on any atom is 0.295 e. The van der Waals surface area contributed by atoms with Crippen LogP contribution in [0.2, 0.25) is 0 Å². The summed E-state index contributed by atoms with van der Waals surface area (Å²) in [6.07, 6.45) is 0.576. The van der Waals surface area contributed by atoms with Gasteiger partial charge in [0.2, 0.25) is 0 Å². The second kappa shape index (κ2) is 10.0. The number of ether oxygens (including phenoxy) is 2. The molecule has 6 nitrogen and oxygen atoms in total. The minimum absolute atomic E-state index is 0.0364. The molecule has 0 bridgehead atoms. The first-order valence-corrected chi connectivity index (χ1v) is 11.5. The van der Waals surface area contributed by atoms with Gasteiger partial charge in [0.15, 0.2) is 0 Å². The van der Waals surface area contributed by atoms with Crippen LogP contribution < -0.4 is 4.74 Å². The summed E-state index contributed by atoms with van der Waals surface area (Å²) in [6, 6.07) is 10.9. The molecule has 34 heavy (non-hydrogen) atoms. The Morgan fingerprint density at radius 1 is 1.06 bits per heavy atom. The number of aryl methyl sites for hydroxylation is 2. The number of methoxy groups -OCH3 is 2. The van der Waals surface area contributed by atoms with E-state index in [4.69, 9.17) is 9.47 Å². The Morgan fingerprint density at radius 3 is 2.26 bits per heavy atom. The molecule has 3 rings (SSSR count). The van der Waals surface area contributed by atoms with Crippen molar-refractivity contribution in [3.8, 4) is 5.75 Å². The van der Waals surface area contributed by atoms with Gasteiger partial charge in [-0.15, -0.1) is 0 Å². The lowest BCUT2D eigenvalue weighted by atomic mass is 9.85. The summed E-state index contributed by atoms with van der Waals surface area (Å²) in [5.41, 5.74) is 4.12. The molecule has 1 saturated heterocycles. The minimum Gasteiger partial charge on any atom is -0.507 e. The molecule has 0 aliphatic carbocycles. The molecule has 1 aliphatic heterocycles. The van der Waals surface area contributed by atoms with E-state index in [1.165, 1.54) is 12.0 Å². The zero-order valence-corrected chi connectivity index (χ0v) is 21.2. The van der Waals surface area contributed by atoms with Crippen LogP contribution in [0.5, 0.6) is 5.75 Å². The van der Waals surface area contributed by atoms with E-state index in [2.05, 4.69) is 20.8 Å². The number of likely N-dealkylation sites (tertiary alicyclic amines) is 1. The first-order chi connectivity index (χ1) is 16.0. The number of nitrogens with zero attached hydrogens (tertiary/aromatic N) is 1. The van der Waals surface area contributed by atoms with E-state index in [9.17, 15) is 14.7 Å². The number of ketones is 1. The van der Waals surface area contributed by atoms with Gasteiger partial charge in [0, 0.05) is 20.3 Å². The first-order valence-electron chi connectivity index (χ1n) is 11.5. The molecular weight excluding hydrogens is 430 g/mol. The fraction of sp³-hybridized carbons (Fsp3) is 0.429. The number of hydrogen-bond donors (Lipinski definition) is 1. The quantitative estimate of drug-likeness (QED) is 0.267. The highest BCUT2D eigenvalue weighted by Crippen LogP contribution is 2.42. The summed E-state index contributed by atoms with van der Waals surface area (Å²) < 4.78 is 10.7. The lowest BCUT2D eigenvalue weighted by molar-refractivity contribution is -0.140. The van der Waals surface area contributed by atoms with Crippen molar-refractivity contribution in [3.63, 3.8) is 0 Å². The Kier molecular flexibility index (Phi) is 7.51. The smallest absolute Gasteiger partial charge is 0.295 e. The molecule has 1 amide bonds. The van der Waals surface area contributed by atoms with Gasteiger partial charge in [-0.05, 0) is 54.0 Å². The van der Waals surface area contributed by atoms with Crippen LogP contribution in [0.15, 0.2) is 42.0 Å². The second-order valence-corrected chi connectivity index (χ2v) is 9.87. The molecule has 0 spiro atoms. The van der Waals surface area contributed by atoms with Gasteiger partial charge in [0.1, 0.15) is 11.5 Å². The Bertz CT molecular complexity index is 1110. The van der Waals surface area contributed by atoms with Crippen molar-refractivity contribution in [2.75, 3.05) is 27.4 Å². The summed E-state index contributed by atoms with van der Waals surface area (Å²) >= 11 is 0. The molecule has 1 atom stereocenters. The fourth-order valence-corrected chi connectivity index (χ4v) is 4.55. The summed E-state index contributed by atoms with van der Waals surface area (Å²) in [4.78, 5) is 27.9. The molecule has 0 aromatic heterocycles. The average Bonchev–Trinajstić information content (AvgIpc) is 3.03. The normalized spacial score (nSPS) is 18.0. The summed E-state index contributed by atoms with van der Waals surface area (Å²) in [5.74, 6) is -1.05. The monoisotopic (exact) mass is 465 g/mol.